The second-order valence-corrected chi connectivity index (χ2v) is 3.56. The molecule has 1 atom stereocenters. The van der Waals surface area contributed by atoms with E-state index in [0.717, 1.165) is 6.54 Å². The van der Waals surface area contributed by atoms with Gasteiger partial charge in [-0.1, -0.05) is 19.9 Å². The van der Waals surface area contributed by atoms with Gasteiger partial charge in [-0.3, -0.25) is 4.79 Å². The van der Waals surface area contributed by atoms with E-state index in [4.69, 9.17) is 0 Å². The summed E-state index contributed by atoms with van der Waals surface area (Å²) in [7, 11) is 0. The number of hydrogen-bond donors (Lipinski definition) is 2. The Labute approximate surface area is 80.6 Å². The molecule has 0 aromatic carbocycles. The quantitative estimate of drug-likeness (QED) is 0.603. The van der Waals surface area contributed by atoms with Crippen LogP contribution in [0.5, 0.6) is 0 Å². The molecule has 0 spiro atoms. The lowest BCUT2D eigenvalue weighted by molar-refractivity contribution is -0.122. The average molecular weight is 184 g/mol. The number of hydrogen-bond acceptors (Lipinski definition) is 2. The molecule has 0 aromatic heterocycles. The predicted molar refractivity (Wildman–Crippen MR) is 55.5 cm³/mol. The van der Waals surface area contributed by atoms with Crippen molar-refractivity contribution in [1.29, 1.82) is 0 Å². The van der Waals surface area contributed by atoms with Crippen molar-refractivity contribution in [2.45, 2.75) is 26.8 Å². The zero-order valence-electron chi connectivity index (χ0n) is 8.76. The van der Waals surface area contributed by atoms with E-state index >= 15 is 0 Å². The highest BCUT2D eigenvalue weighted by Crippen LogP contribution is 1.89. The summed E-state index contributed by atoms with van der Waals surface area (Å²) >= 11 is 0. The van der Waals surface area contributed by atoms with Crippen molar-refractivity contribution < 1.29 is 4.79 Å². The molecule has 2 N–H and O–H groups in total. The summed E-state index contributed by atoms with van der Waals surface area (Å²) in [5.74, 6) is 0.593. The van der Waals surface area contributed by atoms with Crippen molar-refractivity contribution in [3.63, 3.8) is 0 Å². The third kappa shape index (κ3) is 6.34. The maximum absolute atomic E-state index is 11.3. The summed E-state index contributed by atoms with van der Waals surface area (Å²) in [6, 6.07) is -0.123. The molecule has 0 bridgehead atoms. The minimum absolute atomic E-state index is 0.0283. The molecule has 3 heteroatoms. The molecule has 0 rings (SSSR count). The Hall–Kier alpha value is -0.830. The number of rotatable bonds is 6. The Morgan fingerprint density at radius 3 is 2.54 bits per heavy atom. The molecular weight excluding hydrogens is 164 g/mol. The van der Waals surface area contributed by atoms with Crippen molar-refractivity contribution in [1.82, 2.24) is 10.6 Å². The van der Waals surface area contributed by atoms with Gasteiger partial charge in [0.2, 0.25) is 5.91 Å². The van der Waals surface area contributed by atoms with Crippen molar-refractivity contribution in [2.24, 2.45) is 5.92 Å². The summed E-state index contributed by atoms with van der Waals surface area (Å²) in [6.07, 6.45) is 1.67. The Bertz CT molecular complexity index is 166. The summed E-state index contributed by atoms with van der Waals surface area (Å²) in [5, 5.41) is 5.88. The molecule has 76 valence electrons. The van der Waals surface area contributed by atoms with E-state index in [9.17, 15) is 4.79 Å². The second kappa shape index (κ2) is 6.66. The first-order valence-electron chi connectivity index (χ1n) is 4.70. The lowest BCUT2D eigenvalue weighted by Gasteiger charge is -2.14. The second-order valence-electron chi connectivity index (χ2n) is 3.56. The van der Waals surface area contributed by atoms with Crippen LogP contribution in [-0.4, -0.2) is 25.0 Å². The number of amides is 1. The smallest absolute Gasteiger partial charge is 0.237 e. The third-order valence-corrected chi connectivity index (χ3v) is 1.65. The van der Waals surface area contributed by atoms with Crippen LogP contribution < -0.4 is 10.6 Å². The minimum atomic E-state index is -0.123. The highest BCUT2D eigenvalue weighted by Gasteiger charge is 2.10. The van der Waals surface area contributed by atoms with Crippen LogP contribution in [0, 0.1) is 5.92 Å². The molecule has 3 nitrogen and oxygen atoms in total. The third-order valence-electron chi connectivity index (χ3n) is 1.65. The van der Waals surface area contributed by atoms with E-state index in [1.807, 2.05) is 6.92 Å². The summed E-state index contributed by atoms with van der Waals surface area (Å²) in [5.41, 5.74) is 0. The molecule has 0 saturated carbocycles. The zero-order chi connectivity index (χ0) is 10.3. The Kier molecular flexibility index (Phi) is 6.24. The van der Waals surface area contributed by atoms with Gasteiger partial charge in [-0.25, -0.2) is 0 Å². The molecule has 0 aromatic rings. The highest BCUT2D eigenvalue weighted by molar-refractivity contribution is 5.81. The van der Waals surface area contributed by atoms with Gasteiger partial charge in [-0.2, -0.15) is 0 Å². The summed E-state index contributed by atoms with van der Waals surface area (Å²) < 4.78 is 0. The molecule has 1 unspecified atom stereocenters. The maximum Gasteiger partial charge on any atom is 0.237 e. The van der Waals surface area contributed by atoms with Gasteiger partial charge in [0.25, 0.3) is 0 Å². The molecular formula is C10H20N2O. The van der Waals surface area contributed by atoms with E-state index in [0.29, 0.717) is 12.5 Å². The molecule has 0 fully saturated rings. The number of carbonyl (C=O) groups is 1. The SMILES string of the molecule is C=CCNC(=O)C(C)NCC(C)C. The van der Waals surface area contributed by atoms with Crippen LogP contribution in [-0.2, 0) is 4.79 Å². The van der Waals surface area contributed by atoms with Gasteiger partial charge in [0.1, 0.15) is 0 Å². The van der Waals surface area contributed by atoms with Crippen molar-refractivity contribution in [2.75, 3.05) is 13.1 Å². The molecule has 0 radical (unpaired) electrons. The van der Waals surface area contributed by atoms with E-state index in [1.54, 1.807) is 6.08 Å². The van der Waals surface area contributed by atoms with Crippen LogP contribution >= 0.6 is 0 Å². The molecule has 1 amide bonds. The van der Waals surface area contributed by atoms with Crippen molar-refractivity contribution in [3.05, 3.63) is 12.7 Å². The van der Waals surface area contributed by atoms with Gasteiger partial charge < -0.3 is 10.6 Å². The maximum atomic E-state index is 11.3. The fourth-order valence-corrected chi connectivity index (χ4v) is 0.831. The average Bonchev–Trinajstić information content (AvgIpc) is 2.10. The van der Waals surface area contributed by atoms with Crippen LogP contribution in [0.25, 0.3) is 0 Å². The fraction of sp³-hybridized carbons (Fsp3) is 0.700. The predicted octanol–water partition coefficient (Wildman–Crippen LogP) is 0.923. The molecule has 0 heterocycles. The first-order valence-corrected chi connectivity index (χ1v) is 4.70. The van der Waals surface area contributed by atoms with E-state index in [2.05, 4.69) is 31.1 Å². The van der Waals surface area contributed by atoms with Crippen LogP contribution in [0.4, 0.5) is 0 Å². The van der Waals surface area contributed by atoms with Crippen LogP contribution in [0.2, 0.25) is 0 Å². The topological polar surface area (TPSA) is 41.1 Å². The Morgan fingerprint density at radius 1 is 1.46 bits per heavy atom. The normalized spacial score (nSPS) is 12.6. The van der Waals surface area contributed by atoms with E-state index < -0.39 is 0 Å². The standard InChI is InChI=1S/C10H20N2O/c1-5-6-11-10(13)9(4)12-7-8(2)3/h5,8-9,12H,1,6-7H2,2-4H3,(H,11,13). The van der Waals surface area contributed by atoms with Gasteiger partial charge >= 0.3 is 0 Å². The largest absolute Gasteiger partial charge is 0.351 e. The summed E-state index contributed by atoms with van der Waals surface area (Å²) in [4.78, 5) is 11.3. The molecule has 13 heavy (non-hydrogen) atoms. The molecule has 0 aliphatic rings. The van der Waals surface area contributed by atoms with Gasteiger partial charge in [0, 0.05) is 6.54 Å². The van der Waals surface area contributed by atoms with Crippen LogP contribution in [0.15, 0.2) is 12.7 Å². The highest BCUT2D eigenvalue weighted by atomic mass is 16.2. The summed E-state index contributed by atoms with van der Waals surface area (Å²) in [6.45, 7) is 11.0. The monoisotopic (exact) mass is 184 g/mol. The van der Waals surface area contributed by atoms with E-state index in [1.165, 1.54) is 0 Å². The Balaban J connectivity index is 3.62. The van der Waals surface area contributed by atoms with Crippen LogP contribution in [0.1, 0.15) is 20.8 Å². The number of nitrogens with one attached hydrogen (secondary N) is 2. The lowest BCUT2D eigenvalue weighted by atomic mass is 10.2. The van der Waals surface area contributed by atoms with Gasteiger partial charge in [0.15, 0.2) is 0 Å². The number of carbonyl (C=O) groups excluding carboxylic acids is 1. The first-order chi connectivity index (χ1) is 6.07. The van der Waals surface area contributed by atoms with Crippen molar-refractivity contribution in [3.8, 4) is 0 Å². The lowest BCUT2D eigenvalue weighted by Crippen LogP contribution is -2.43. The zero-order valence-corrected chi connectivity index (χ0v) is 8.76. The fourth-order valence-electron chi connectivity index (χ4n) is 0.831. The minimum Gasteiger partial charge on any atom is -0.351 e. The molecule has 0 aliphatic heterocycles. The van der Waals surface area contributed by atoms with Gasteiger partial charge in [-0.05, 0) is 19.4 Å². The van der Waals surface area contributed by atoms with Crippen LogP contribution in [0.3, 0.4) is 0 Å². The molecule has 0 saturated heterocycles. The van der Waals surface area contributed by atoms with Gasteiger partial charge in [0.05, 0.1) is 6.04 Å². The van der Waals surface area contributed by atoms with Gasteiger partial charge in [-0.15, -0.1) is 6.58 Å². The first kappa shape index (κ1) is 12.2. The van der Waals surface area contributed by atoms with E-state index in [-0.39, 0.29) is 11.9 Å². The molecule has 0 aliphatic carbocycles. The Morgan fingerprint density at radius 2 is 2.08 bits per heavy atom. The van der Waals surface area contributed by atoms with Crippen molar-refractivity contribution >= 4 is 5.91 Å².